The third-order valence-electron chi connectivity index (χ3n) is 12.5. The van der Waals surface area contributed by atoms with Gasteiger partial charge in [-0.2, -0.15) is 0 Å². The van der Waals surface area contributed by atoms with Crippen molar-refractivity contribution < 1.29 is 95.5 Å². The number of benzene rings is 3. The number of nitro groups is 1. The molecular formula is C54H67N15O21. The molecule has 0 radical (unpaired) electrons. The molecule has 2 atom stereocenters. The van der Waals surface area contributed by atoms with Gasteiger partial charge in [0.15, 0.2) is 0 Å². The van der Waals surface area contributed by atoms with Gasteiger partial charge < -0.3 is 59.0 Å². The molecule has 0 saturated carbocycles. The van der Waals surface area contributed by atoms with E-state index in [1.165, 1.54) is 48.5 Å². The minimum absolute atomic E-state index is 0.00107. The predicted molar refractivity (Wildman–Crippen MR) is 310 cm³/mol. The second-order valence-electron chi connectivity index (χ2n) is 18.6. The highest BCUT2D eigenvalue weighted by atomic mass is 16.6. The Bertz CT molecular complexity index is 3110. The Morgan fingerprint density at radius 2 is 0.967 bits per heavy atom. The molecule has 484 valence electrons. The fourth-order valence-corrected chi connectivity index (χ4v) is 8.43. The fourth-order valence-electron chi connectivity index (χ4n) is 8.43. The predicted octanol–water partition coefficient (Wildman–Crippen LogP) is 2.51. The number of imide groups is 4. The number of carbonyl (C=O) groups is 10. The second kappa shape index (κ2) is 39.3. The van der Waals surface area contributed by atoms with E-state index in [-0.39, 0.29) is 90.4 Å². The number of nitrogens with one attached hydrogen (secondary N) is 5. The van der Waals surface area contributed by atoms with Crippen molar-refractivity contribution >= 4 is 76.4 Å². The van der Waals surface area contributed by atoms with E-state index < -0.39 is 76.4 Å². The summed E-state index contributed by atoms with van der Waals surface area (Å²) in [4.78, 5) is 140. The molecule has 36 heteroatoms. The summed E-state index contributed by atoms with van der Waals surface area (Å²) in [7, 11) is 0. The van der Waals surface area contributed by atoms with Gasteiger partial charge in [0, 0.05) is 61.0 Å². The highest BCUT2D eigenvalue weighted by Gasteiger charge is 2.47. The third-order valence-corrected chi connectivity index (χ3v) is 12.5. The fraction of sp³-hybridized carbons (Fsp3) is 0.481. The van der Waals surface area contributed by atoms with E-state index in [0.29, 0.717) is 112 Å². The lowest BCUT2D eigenvalue weighted by atomic mass is 10.0. The number of piperidine rings is 2. The molecule has 90 heavy (non-hydrogen) atoms. The number of rotatable bonds is 35. The molecule has 3 aromatic rings. The molecule has 0 aliphatic carbocycles. The first kappa shape index (κ1) is 71.2. The number of ether oxygens (including phenoxy) is 9. The molecule has 2 fully saturated rings. The minimum Gasteiger partial charge on any atom is -0.410 e. The number of nitrogens with two attached hydrogens (primary N) is 1. The smallest absolute Gasteiger partial charge is 0.410 e. The van der Waals surface area contributed by atoms with E-state index in [0.717, 1.165) is 21.9 Å². The molecule has 3 aromatic carbocycles. The maximum absolute atomic E-state index is 13.1. The molecule has 2 saturated heterocycles. The van der Waals surface area contributed by atoms with Crippen molar-refractivity contribution in [3.8, 4) is 5.75 Å². The van der Waals surface area contributed by atoms with Crippen LogP contribution >= 0.6 is 0 Å². The van der Waals surface area contributed by atoms with Gasteiger partial charge in [-0.15, -0.1) is 0 Å². The number of non-ortho nitro benzene ring substituents is 1. The summed E-state index contributed by atoms with van der Waals surface area (Å²) in [6, 6.07) is 10.6. The van der Waals surface area contributed by atoms with Crippen molar-refractivity contribution in [2.24, 2.45) is 16.0 Å². The molecule has 2 unspecified atom stereocenters. The van der Waals surface area contributed by atoms with Gasteiger partial charge in [-0.1, -0.05) is 22.4 Å². The van der Waals surface area contributed by atoms with E-state index in [9.17, 15) is 58.1 Å². The molecule has 7 rings (SSSR count). The van der Waals surface area contributed by atoms with Crippen molar-refractivity contribution in [1.29, 1.82) is 0 Å². The van der Waals surface area contributed by atoms with Crippen molar-refractivity contribution in [1.82, 2.24) is 25.8 Å². The number of nitro benzene ring substituents is 1. The van der Waals surface area contributed by atoms with Gasteiger partial charge in [0.1, 0.15) is 17.8 Å². The Hall–Kier alpha value is -9.58. The third kappa shape index (κ3) is 22.9. The van der Waals surface area contributed by atoms with Gasteiger partial charge in [0.25, 0.3) is 29.3 Å². The lowest BCUT2D eigenvalue weighted by Crippen LogP contribution is -2.54. The normalized spacial score (nSPS) is 15.6. The average molecular weight is 1260 g/mol. The van der Waals surface area contributed by atoms with Crippen LogP contribution in [0.15, 0.2) is 70.9 Å². The van der Waals surface area contributed by atoms with Crippen LogP contribution < -0.4 is 37.1 Å². The lowest BCUT2D eigenvalue weighted by molar-refractivity contribution is -0.384. The van der Waals surface area contributed by atoms with Crippen molar-refractivity contribution in [2.45, 2.75) is 37.8 Å². The topological polar surface area (TPSA) is 487 Å². The van der Waals surface area contributed by atoms with Crippen LogP contribution in [0.1, 0.15) is 67.1 Å². The Kier molecular flexibility index (Phi) is 31.1. The van der Waals surface area contributed by atoms with Crippen LogP contribution in [-0.2, 0) is 57.1 Å². The maximum Gasteiger partial charge on any atom is 0.417 e. The Balaban J connectivity index is 0.000000263. The van der Waals surface area contributed by atoms with Crippen LogP contribution in [-0.4, -0.2) is 218 Å². The first-order valence-electron chi connectivity index (χ1n) is 27.9. The van der Waals surface area contributed by atoms with Gasteiger partial charge in [-0.25, -0.2) is 9.59 Å². The summed E-state index contributed by atoms with van der Waals surface area (Å²) >= 11 is 0. The van der Waals surface area contributed by atoms with Crippen molar-refractivity contribution in [3.05, 3.63) is 114 Å². The minimum atomic E-state index is -1.14. The molecule has 0 aromatic heterocycles. The zero-order valence-electron chi connectivity index (χ0n) is 48.6. The monoisotopic (exact) mass is 1260 g/mol. The number of nitrogens with zero attached hydrogens (tertiary/aromatic N) is 9. The number of fused-ring (bicyclic) bond motifs is 2. The summed E-state index contributed by atoms with van der Waals surface area (Å²) in [5.41, 5.74) is 21.3. The standard InChI is InChI=1S/C24H31N7O9.C20H14N4O8.C10H22N4O4/c25-30-27-7-9-38-11-13-40-15-14-39-12-10-37-8-6-26-24(36)28-17-3-1-2-16-20(17)23(35)31(22(16)34)18-4-5-19(32)29-21(18)33;25-15-9-8-14(17(26)22-15)23-18(27)12-2-1-3-13(16(12)19(23)28)21-20(29)32-11-6-4-10(5-7-11)24(30)31;11-1-3-15-5-7-17-9-10-18-8-6-16-4-2-13-14-12/h1-3,18H,4-15H2,(H2,26,28,36)(H,29,32,33);1-7,14H,8-9H2,(H,21,29)(H,22,25,26);1-11H2. The highest BCUT2D eigenvalue weighted by molar-refractivity contribution is 6.27. The Labute approximate surface area is 512 Å². The molecule has 7 N–H and O–H groups in total. The van der Waals surface area contributed by atoms with Gasteiger partial charge >= 0.3 is 12.1 Å². The Morgan fingerprint density at radius 1 is 0.567 bits per heavy atom. The van der Waals surface area contributed by atoms with Crippen LogP contribution in [0, 0.1) is 10.1 Å². The van der Waals surface area contributed by atoms with Crippen LogP contribution in [0.2, 0.25) is 0 Å². The number of amides is 11. The summed E-state index contributed by atoms with van der Waals surface area (Å²) in [6.07, 6.45) is -0.959. The average Bonchev–Trinajstić information content (AvgIpc) is 1.62. The van der Waals surface area contributed by atoms with E-state index in [1.54, 1.807) is 0 Å². The summed E-state index contributed by atoms with van der Waals surface area (Å²) < 4.78 is 47.1. The quantitative estimate of drug-likeness (QED) is 0.00937. The van der Waals surface area contributed by atoms with E-state index in [2.05, 4.69) is 46.6 Å². The molecule has 36 nitrogen and oxygen atoms in total. The van der Waals surface area contributed by atoms with E-state index in [1.807, 2.05) is 0 Å². The van der Waals surface area contributed by atoms with Crippen LogP contribution in [0.5, 0.6) is 5.75 Å². The Morgan fingerprint density at radius 3 is 1.37 bits per heavy atom. The van der Waals surface area contributed by atoms with Gasteiger partial charge in [0.2, 0.25) is 23.6 Å². The first-order valence-corrected chi connectivity index (χ1v) is 27.9. The summed E-state index contributed by atoms with van der Waals surface area (Å²) in [5, 5.41) is 29.2. The van der Waals surface area contributed by atoms with E-state index >= 15 is 0 Å². The molecule has 4 aliphatic rings. The number of hydrogen-bond acceptors (Lipinski definition) is 24. The number of anilines is 2. The van der Waals surface area contributed by atoms with Crippen LogP contribution in [0.25, 0.3) is 20.9 Å². The molecular weight excluding hydrogens is 1190 g/mol. The zero-order chi connectivity index (χ0) is 65.0. The maximum atomic E-state index is 13.1. The molecule has 0 bridgehead atoms. The number of hydrogen-bond donors (Lipinski definition) is 6. The number of urea groups is 1. The van der Waals surface area contributed by atoms with Crippen LogP contribution in [0.3, 0.4) is 0 Å². The molecule has 4 heterocycles. The summed E-state index contributed by atoms with van der Waals surface area (Å²) in [5.74, 6) is -5.26. The summed E-state index contributed by atoms with van der Waals surface area (Å²) in [6.45, 7) is 8.26. The van der Waals surface area contributed by atoms with Crippen molar-refractivity contribution in [3.63, 3.8) is 0 Å². The second-order valence-corrected chi connectivity index (χ2v) is 18.6. The molecule has 4 aliphatic heterocycles. The van der Waals surface area contributed by atoms with Gasteiger partial charge in [0.05, 0.1) is 144 Å². The SMILES string of the molecule is O=C1CCC(N2C(=O)c3cccc(NC(=O)Oc4ccc([N+](=O)[O-])cc4)c3C2=O)C(=O)N1.[N-]=[N+]=NCCOCCOCCOCCOCCN.[N-]=[N+]=NCCOCCOCCOCCOCCNC(=O)Nc1cccc2c1C(=O)N(C1CCC(=O)NC1=O)C2=O. The van der Waals surface area contributed by atoms with Gasteiger partial charge in [-0.3, -0.25) is 74.2 Å². The van der Waals surface area contributed by atoms with Crippen molar-refractivity contribution in [2.75, 3.05) is 143 Å². The lowest BCUT2D eigenvalue weighted by Gasteiger charge is -2.27. The largest absolute Gasteiger partial charge is 0.417 e. The molecule has 11 amide bonds. The van der Waals surface area contributed by atoms with Gasteiger partial charge in [-0.05, 0) is 60.3 Å². The highest BCUT2D eigenvalue weighted by Crippen LogP contribution is 2.34. The van der Waals surface area contributed by atoms with Crippen LogP contribution in [0.4, 0.5) is 26.7 Å². The van der Waals surface area contributed by atoms with E-state index in [4.69, 9.17) is 59.4 Å². The number of azide groups is 2. The number of carbonyl (C=O) groups excluding carboxylic acids is 10. The first-order chi connectivity index (χ1) is 43.6. The zero-order valence-corrected chi connectivity index (χ0v) is 48.6. The molecule has 0 spiro atoms.